The molecule has 130 valence electrons. The highest BCUT2D eigenvalue weighted by atomic mass is 16.2. The summed E-state index contributed by atoms with van der Waals surface area (Å²) in [5.41, 5.74) is 2.73. The van der Waals surface area contributed by atoms with E-state index in [0.29, 0.717) is 11.5 Å². The molecule has 1 aromatic carbocycles. The topological polar surface area (TPSA) is 61.4 Å². The molecule has 24 heavy (non-hydrogen) atoms. The van der Waals surface area contributed by atoms with E-state index in [-0.39, 0.29) is 23.9 Å². The van der Waals surface area contributed by atoms with Crippen LogP contribution >= 0.6 is 0 Å². The summed E-state index contributed by atoms with van der Waals surface area (Å²) in [5, 5.41) is 6.44. The molecule has 5 heteroatoms. The first-order chi connectivity index (χ1) is 11.5. The Labute approximate surface area is 143 Å². The van der Waals surface area contributed by atoms with Crippen LogP contribution in [0.25, 0.3) is 0 Å². The number of nitrogens with zero attached hydrogens (tertiary/aromatic N) is 1. The van der Waals surface area contributed by atoms with Crippen LogP contribution in [0.4, 0.5) is 5.69 Å². The molecular formula is C19H27N3O2. The minimum absolute atomic E-state index is 0.00894. The molecule has 0 aliphatic carbocycles. The van der Waals surface area contributed by atoms with Crippen molar-refractivity contribution in [2.75, 3.05) is 18.0 Å². The average Bonchev–Trinajstić information content (AvgIpc) is 2.56. The van der Waals surface area contributed by atoms with Crippen LogP contribution in [-0.2, 0) is 11.2 Å². The Kier molecular flexibility index (Phi) is 4.90. The van der Waals surface area contributed by atoms with Gasteiger partial charge in [-0.1, -0.05) is 6.92 Å². The van der Waals surface area contributed by atoms with Crippen molar-refractivity contribution < 1.29 is 9.59 Å². The van der Waals surface area contributed by atoms with Gasteiger partial charge in [0.25, 0.3) is 5.91 Å². The van der Waals surface area contributed by atoms with E-state index in [0.717, 1.165) is 43.6 Å². The summed E-state index contributed by atoms with van der Waals surface area (Å²) in [6.45, 7) is 7.77. The van der Waals surface area contributed by atoms with Crippen LogP contribution in [0.15, 0.2) is 18.2 Å². The molecule has 2 amide bonds. The van der Waals surface area contributed by atoms with Gasteiger partial charge in [0.1, 0.15) is 0 Å². The van der Waals surface area contributed by atoms with E-state index in [1.54, 1.807) is 6.92 Å². The minimum atomic E-state index is -0.00894. The summed E-state index contributed by atoms with van der Waals surface area (Å²) in [5.74, 6) is 0.427. The first-order valence-corrected chi connectivity index (χ1v) is 8.91. The third kappa shape index (κ3) is 3.31. The number of benzene rings is 1. The number of anilines is 1. The first kappa shape index (κ1) is 17.0. The van der Waals surface area contributed by atoms with E-state index in [1.165, 1.54) is 0 Å². The molecule has 0 bridgehead atoms. The molecule has 1 aromatic rings. The van der Waals surface area contributed by atoms with E-state index in [9.17, 15) is 9.59 Å². The number of hydrogen-bond donors (Lipinski definition) is 2. The van der Waals surface area contributed by atoms with Crippen LogP contribution < -0.4 is 15.5 Å². The number of carbonyl (C=O) groups excluding carboxylic acids is 2. The lowest BCUT2D eigenvalue weighted by molar-refractivity contribution is -0.117. The summed E-state index contributed by atoms with van der Waals surface area (Å²) in [7, 11) is 0. The van der Waals surface area contributed by atoms with Crippen molar-refractivity contribution in [3.05, 3.63) is 29.3 Å². The second-order valence-corrected chi connectivity index (χ2v) is 7.15. The molecule has 2 aliphatic rings. The van der Waals surface area contributed by atoms with Gasteiger partial charge in [-0.25, -0.2) is 0 Å². The Hall–Kier alpha value is -1.88. The van der Waals surface area contributed by atoms with Crippen LogP contribution in [0.2, 0.25) is 0 Å². The maximum atomic E-state index is 12.5. The Balaban J connectivity index is 1.81. The fraction of sp³-hybridized carbons (Fsp3) is 0.579. The Morgan fingerprint density at radius 2 is 1.92 bits per heavy atom. The summed E-state index contributed by atoms with van der Waals surface area (Å²) in [4.78, 5) is 26.4. The Morgan fingerprint density at radius 3 is 2.58 bits per heavy atom. The van der Waals surface area contributed by atoms with E-state index < -0.39 is 0 Å². The van der Waals surface area contributed by atoms with E-state index >= 15 is 0 Å². The third-order valence-corrected chi connectivity index (χ3v) is 5.39. The van der Waals surface area contributed by atoms with Gasteiger partial charge in [-0.2, -0.15) is 0 Å². The molecule has 5 nitrogen and oxygen atoms in total. The van der Waals surface area contributed by atoms with Gasteiger partial charge in [0.05, 0.1) is 0 Å². The monoisotopic (exact) mass is 329 g/mol. The van der Waals surface area contributed by atoms with Crippen molar-refractivity contribution in [2.24, 2.45) is 5.92 Å². The van der Waals surface area contributed by atoms with E-state index in [2.05, 4.69) is 24.5 Å². The molecule has 2 N–H and O–H groups in total. The van der Waals surface area contributed by atoms with E-state index in [4.69, 9.17) is 0 Å². The molecule has 0 spiro atoms. The van der Waals surface area contributed by atoms with Gasteiger partial charge < -0.3 is 15.5 Å². The molecule has 2 atom stereocenters. The summed E-state index contributed by atoms with van der Waals surface area (Å²) in [6.07, 6.45) is 2.85. The summed E-state index contributed by atoms with van der Waals surface area (Å²) >= 11 is 0. The van der Waals surface area contributed by atoms with Crippen molar-refractivity contribution in [1.82, 2.24) is 10.6 Å². The molecule has 2 aliphatic heterocycles. The maximum Gasteiger partial charge on any atom is 0.251 e. The molecular weight excluding hydrogens is 302 g/mol. The van der Waals surface area contributed by atoms with Crippen molar-refractivity contribution in [1.29, 1.82) is 0 Å². The molecule has 1 fully saturated rings. The van der Waals surface area contributed by atoms with Gasteiger partial charge in [0.2, 0.25) is 5.91 Å². The lowest BCUT2D eigenvalue weighted by Crippen LogP contribution is -2.45. The summed E-state index contributed by atoms with van der Waals surface area (Å²) < 4.78 is 0. The highest BCUT2D eigenvalue weighted by Crippen LogP contribution is 2.34. The second-order valence-electron chi connectivity index (χ2n) is 7.15. The van der Waals surface area contributed by atoms with Gasteiger partial charge in [0.15, 0.2) is 0 Å². The quantitative estimate of drug-likeness (QED) is 0.873. The number of piperidine rings is 1. The van der Waals surface area contributed by atoms with Crippen LogP contribution in [0.1, 0.15) is 49.5 Å². The third-order valence-electron chi connectivity index (χ3n) is 5.39. The van der Waals surface area contributed by atoms with Crippen molar-refractivity contribution in [3.8, 4) is 0 Å². The molecule has 0 radical (unpaired) electrons. The van der Waals surface area contributed by atoms with Crippen LogP contribution in [0.5, 0.6) is 0 Å². The molecule has 0 aromatic heterocycles. The van der Waals surface area contributed by atoms with E-state index in [1.807, 2.05) is 23.1 Å². The number of rotatable bonds is 2. The predicted octanol–water partition coefficient (Wildman–Crippen LogP) is 2.10. The fourth-order valence-electron chi connectivity index (χ4n) is 3.81. The molecule has 2 heterocycles. The Bertz CT molecular complexity index is 637. The maximum absolute atomic E-state index is 12.5. The second kappa shape index (κ2) is 6.93. The zero-order valence-corrected chi connectivity index (χ0v) is 14.8. The van der Waals surface area contributed by atoms with Crippen molar-refractivity contribution in [3.63, 3.8) is 0 Å². The van der Waals surface area contributed by atoms with Gasteiger partial charge in [0, 0.05) is 30.3 Å². The Morgan fingerprint density at radius 1 is 1.21 bits per heavy atom. The number of fused-ring (bicyclic) bond motifs is 1. The van der Waals surface area contributed by atoms with Gasteiger partial charge in [-0.15, -0.1) is 0 Å². The average molecular weight is 329 g/mol. The minimum Gasteiger partial charge on any atom is -0.349 e. The van der Waals surface area contributed by atoms with Gasteiger partial charge >= 0.3 is 0 Å². The highest BCUT2D eigenvalue weighted by Gasteiger charge is 2.31. The lowest BCUT2D eigenvalue weighted by atomic mass is 9.87. The number of nitrogens with one attached hydrogen (secondary N) is 2. The normalized spacial score (nSPS) is 24.4. The van der Waals surface area contributed by atoms with Gasteiger partial charge in [-0.3, -0.25) is 9.59 Å². The number of carbonyl (C=O) groups is 2. The zero-order valence-electron chi connectivity index (χ0n) is 14.8. The number of hydrogen-bond acceptors (Lipinski definition) is 3. The number of amides is 2. The van der Waals surface area contributed by atoms with Gasteiger partial charge in [-0.05, 0) is 69.0 Å². The SMILES string of the molecule is CC(=O)N1c2ccc(C(=O)NC3CCNCC3)cc2CC(C)[C@@H]1C. The standard InChI is InChI=1S/C19H27N3O2/c1-12-10-16-11-15(19(24)21-17-6-8-20-9-7-17)4-5-18(16)22(13(12)2)14(3)23/h4-5,11-13,17,20H,6-10H2,1-3H3,(H,21,24)/t12?,13-/m0/s1. The lowest BCUT2D eigenvalue weighted by Gasteiger charge is -2.39. The molecule has 3 rings (SSSR count). The first-order valence-electron chi connectivity index (χ1n) is 8.91. The smallest absolute Gasteiger partial charge is 0.251 e. The molecule has 1 saturated heterocycles. The fourth-order valence-corrected chi connectivity index (χ4v) is 3.81. The predicted molar refractivity (Wildman–Crippen MR) is 95.3 cm³/mol. The molecule has 0 saturated carbocycles. The van der Waals surface area contributed by atoms with Crippen molar-refractivity contribution in [2.45, 2.75) is 52.1 Å². The molecule has 1 unspecified atom stereocenters. The summed E-state index contributed by atoms with van der Waals surface area (Å²) in [6, 6.07) is 6.17. The van der Waals surface area contributed by atoms with Crippen LogP contribution in [0.3, 0.4) is 0 Å². The van der Waals surface area contributed by atoms with Crippen LogP contribution in [0, 0.1) is 5.92 Å². The van der Waals surface area contributed by atoms with Crippen molar-refractivity contribution >= 4 is 17.5 Å². The van der Waals surface area contributed by atoms with Crippen LogP contribution in [-0.4, -0.2) is 37.0 Å². The zero-order chi connectivity index (χ0) is 17.3. The highest BCUT2D eigenvalue weighted by molar-refractivity contribution is 5.97. The largest absolute Gasteiger partial charge is 0.349 e.